The van der Waals surface area contributed by atoms with Gasteiger partial charge < -0.3 is 5.32 Å². The van der Waals surface area contributed by atoms with E-state index >= 15 is 0 Å². The average Bonchev–Trinajstić information content (AvgIpc) is 2.89. The summed E-state index contributed by atoms with van der Waals surface area (Å²) >= 11 is 0. The molecule has 3 heteroatoms. The van der Waals surface area contributed by atoms with Crippen molar-refractivity contribution in [3.05, 3.63) is 30.5 Å². The molecule has 1 aromatic heterocycles. The highest BCUT2D eigenvalue weighted by Gasteiger charge is 2.40. The number of rotatable bonds is 4. The van der Waals surface area contributed by atoms with Crippen LogP contribution in [0.4, 0.5) is 0 Å². The fourth-order valence-electron chi connectivity index (χ4n) is 3.84. The van der Waals surface area contributed by atoms with Crippen LogP contribution in [0.5, 0.6) is 0 Å². The highest BCUT2D eigenvalue weighted by atomic mass is 15.3. The molecule has 1 aliphatic carbocycles. The van der Waals surface area contributed by atoms with Crippen LogP contribution in [-0.4, -0.2) is 22.4 Å². The fourth-order valence-corrected chi connectivity index (χ4v) is 3.84. The maximum absolute atomic E-state index is 4.72. The van der Waals surface area contributed by atoms with Gasteiger partial charge in [-0.15, -0.1) is 0 Å². The number of fused-ring (bicyclic) bond motifs is 1. The predicted molar refractivity (Wildman–Crippen MR) is 88.5 cm³/mol. The number of hydrogen-bond donors (Lipinski definition) is 1. The Labute approximate surface area is 127 Å². The molecular weight excluding hydrogens is 258 g/mol. The van der Waals surface area contributed by atoms with E-state index < -0.39 is 0 Å². The van der Waals surface area contributed by atoms with E-state index in [0.29, 0.717) is 17.5 Å². The molecule has 0 saturated heterocycles. The number of nitrogens with one attached hydrogen (secondary N) is 1. The molecule has 1 N–H and O–H groups in total. The maximum atomic E-state index is 4.72. The zero-order valence-corrected chi connectivity index (χ0v) is 13.5. The lowest BCUT2D eigenvalue weighted by atomic mass is 9.70. The Balaban J connectivity index is 1.97. The number of hydrogen-bond acceptors (Lipinski definition) is 2. The second-order valence-electron chi connectivity index (χ2n) is 7.03. The molecule has 0 bridgehead atoms. The summed E-state index contributed by atoms with van der Waals surface area (Å²) in [5.41, 5.74) is 1.59. The molecule has 2 aromatic rings. The van der Waals surface area contributed by atoms with Gasteiger partial charge in [-0.2, -0.15) is 5.10 Å². The molecule has 1 aromatic carbocycles. The zero-order chi connectivity index (χ0) is 14.9. The van der Waals surface area contributed by atoms with Gasteiger partial charge in [-0.05, 0) is 37.3 Å². The van der Waals surface area contributed by atoms with Crippen LogP contribution in [0.2, 0.25) is 0 Å². The molecule has 1 heterocycles. The Morgan fingerprint density at radius 2 is 2.14 bits per heavy atom. The second kappa shape index (κ2) is 5.80. The van der Waals surface area contributed by atoms with Crippen molar-refractivity contribution in [1.29, 1.82) is 0 Å². The van der Waals surface area contributed by atoms with Gasteiger partial charge in [-0.25, -0.2) is 0 Å². The molecule has 0 radical (unpaired) electrons. The first kappa shape index (κ1) is 14.6. The first-order chi connectivity index (χ1) is 10.1. The predicted octanol–water partition coefficient (Wildman–Crippen LogP) is 4.16. The Hall–Kier alpha value is -1.35. The Bertz CT molecular complexity index is 599. The average molecular weight is 285 g/mol. The van der Waals surface area contributed by atoms with Crippen molar-refractivity contribution < 1.29 is 0 Å². The maximum Gasteiger partial charge on any atom is 0.0686 e. The summed E-state index contributed by atoms with van der Waals surface area (Å²) in [6, 6.07) is 9.51. The van der Waals surface area contributed by atoms with E-state index in [1.165, 1.54) is 36.6 Å². The van der Waals surface area contributed by atoms with Crippen LogP contribution in [-0.2, 0) is 0 Å². The second-order valence-corrected chi connectivity index (χ2v) is 7.03. The van der Waals surface area contributed by atoms with Gasteiger partial charge in [0.1, 0.15) is 0 Å². The lowest BCUT2D eigenvalue weighted by Crippen LogP contribution is -2.50. The summed E-state index contributed by atoms with van der Waals surface area (Å²) in [4.78, 5) is 0. The van der Waals surface area contributed by atoms with E-state index in [-0.39, 0.29) is 0 Å². The quantitative estimate of drug-likeness (QED) is 0.914. The smallest absolute Gasteiger partial charge is 0.0686 e. The Morgan fingerprint density at radius 1 is 1.33 bits per heavy atom. The van der Waals surface area contributed by atoms with E-state index in [0.717, 1.165) is 6.54 Å². The zero-order valence-electron chi connectivity index (χ0n) is 13.5. The van der Waals surface area contributed by atoms with Crippen molar-refractivity contribution in [2.75, 3.05) is 6.54 Å². The van der Waals surface area contributed by atoms with Crippen LogP contribution in [0.25, 0.3) is 10.9 Å². The highest BCUT2D eigenvalue weighted by Crippen LogP contribution is 2.42. The topological polar surface area (TPSA) is 29.9 Å². The standard InChI is InChI=1S/C18H27N3/c1-4-12-19-17-16(10-7-11-18(17,2)3)21-15-9-6-5-8-14(15)13-20-21/h5-6,8-9,13,16-17,19H,4,7,10-12H2,1-3H3. The molecule has 2 atom stereocenters. The first-order valence-electron chi connectivity index (χ1n) is 8.29. The summed E-state index contributed by atoms with van der Waals surface area (Å²) < 4.78 is 2.27. The molecule has 21 heavy (non-hydrogen) atoms. The summed E-state index contributed by atoms with van der Waals surface area (Å²) in [7, 11) is 0. The highest BCUT2D eigenvalue weighted by molar-refractivity contribution is 5.78. The summed E-state index contributed by atoms with van der Waals surface area (Å²) in [5.74, 6) is 0. The lowest BCUT2D eigenvalue weighted by Gasteiger charge is -2.44. The van der Waals surface area contributed by atoms with Crippen molar-refractivity contribution in [3.8, 4) is 0 Å². The first-order valence-corrected chi connectivity index (χ1v) is 8.29. The van der Waals surface area contributed by atoms with Gasteiger partial charge in [-0.1, -0.05) is 45.4 Å². The largest absolute Gasteiger partial charge is 0.311 e. The normalized spacial score (nSPS) is 25.3. The van der Waals surface area contributed by atoms with Gasteiger partial charge in [0.25, 0.3) is 0 Å². The van der Waals surface area contributed by atoms with Crippen molar-refractivity contribution in [3.63, 3.8) is 0 Å². The summed E-state index contributed by atoms with van der Waals surface area (Å²) in [6.45, 7) is 8.13. The fraction of sp³-hybridized carbons (Fsp3) is 0.611. The summed E-state index contributed by atoms with van der Waals surface area (Å²) in [6.07, 6.45) is 6.99. The SMILES string of the molecule is CCCNC1C(n2ncc3ccccc32)CCCC1(C)C. The molecule has 3 nitrogen and oxygen atoms in total. The number of nitrogens with zero attached hydrogens (tertiary/aromatic N) is 2. The molecule has 3 rings (SSSR count). The number of para-hydroxylation sites is 1. The molecular formula is C18H27N3. The van der Waals surface area contributed by atoms with Crippen molar-refractivity contribution in [1.82, 2.24) is 15.1 Å². The van der Waals surface area contributed by atoms with Gasteiger partial charge in [-0.3, -0.25) is 4.68 Å². The Kier molecular flexibility index (Phi) is 4.03. The van der Waals surface area contributed by atoms with E-state index in [1.807, 2.05) is 6.20 Å². The van der Waals surface area contributed by atoms with Gasteiger partial charge >= 0.3 is 0 Å². The van der Waals surface area contributed by atoms with Crippen LogP contribution >= 0.6 is 0 Å². The van der Waals surface area contributed by atoms with Crippen molar-refractivity contribution in [2.24, 2.45) is 5.41 Å². The van der Waals surface area contributed by atoms with Crippen LogP contribution in [0, 0.1) is 5.41 Å². The summed E-state index contributed by atoms with van der Waals surface area (Å²) in [5, 5.41) is 9.77. The minimum absolute atomic E-state index is 0.325. The third kappa shape index (κ3) is 2.71. The molecule has 0 spiro atoms. The Morgan fingerprint density at radius 3 is 2.95 bits per heavy atom. The molecule has 2 unspecified atom stereocenters. The molecule has 0 aliphatic heterocycles. The van der Waals surface area contributed by atoms with E-state index in [2.05, 4.69) is 55.0 Å². The van der Waals surface area contributed by atoms with Gasteiger partial charge in [0.05, 0.1) is 17.8 Å². The third-order valence-corrected chi connectivity index (χ3v) is 4.98. The van der Waals surface area contributed by atoms with Crippen molar-refractivity contribution in [2.45, 2.75) is 58.5 Å². The minimum Gasteiger partial charge on any atom is -0.311 e. The molecule has 1 fully saturated rings. The van der Waals surface area contributed by atoms with Crippen LogP contribution < -0.4 is 5.32 Å². The van der Waals surface area contributed by atoms with E-state index in [1.54, 1.807) is 0 Å². The third-order valence-electron chi connectivity index (χ3n) is 4.98. The monoisotopic (exact) mass is 285 g/mol. The van der Waals surface area contributed by atoms with Crippen LogP contribution in [0.15, 0.2) is 30.5 Å². The van der Waals surface area contributed by atoms with Crippen molar-refractivity contribution >= 4 is 10.9 Å². The lowest BCUT2D eigenvalue weighted by molar-refractivity contribution is 0.108. The molecule has 1 aliphatic rings. The minimum atomic E-state index is 0.325. The van der Waals surface area contributed by atoms with Gasteiger partial charge in [0.15, 0.2) is 0 Å². The van der Waals surface area contributed by atoms with Gasteiger partial charge in [0.2, 0.25) is 0 Å². The number of aromatic nitrogens is 2. The molecule has 114 valence electrons. The number of benzene rings is 1. The van der Waals surface area contributed by atoms with Crippen LogP contribution in [0.1, 0.15) is 52.5 Å². The van der Waals surface area contributed by atoms with E-state index in [9.17, 15) is 0 Å². The van der Waals surface area contributed by atoms with E-state index in [4.69, 9.17) is 5.10 Å². The van der Waals surface area contributed by atoms with Gasteiger partial charge in [0, 0.05) is 11.4 Å². The van der Waals surface area contributed by atoms with Crippen LogP contribution in [0.3, 0.4) is 0 Å². The molecule has 0 amide bonds. The molecule has 1 saturated carbocycles.